The maximum Gasteiger partial charge on any atom is 0.335 e. The number of sulfone groups is 1. The lowest BCUT2D eigenvalue weighted by atomic mass is 10.1. The summed E-state index contributed by atoms with van der Waals surface area (Å²) in [5.74, 6) is -1.14. The SMILES string of the molecule is CC(C)S(=O)(=O)c1ccc2c(=O)c3cc(C(=O)O)ccc3oc2c1. The van der Waals surface area contributed by atoms with Crippen LogP contribution in [0.2, 0.25) is 0 Å². The number of fused-ring (bicyclic) bond motifs is 2. The average molecular weight is 346 g/mol. The summed E-state index contributed by atoms with van der Waals surface area (Å²) in [5, 5.41) is 8.77. The smallest absolute Gasteiger partial charge is 0.335 e. The Bertz CT molecular complexity index is 1140. The van der Waals surface area contributed by atoms with Crippen molar-refractivity contribution < 1.29 is 22.7 Å². The monoisotopic (exact) mass is 346 g/mol. The third kappa shape index (κ3) is 2.46. The average Bonchev–Trinajstić information content (AvgIpc) is 2.54. The summed E-state index contributed by atoms with van der Waals surface area (Å²) < 4.78 is 30.1. The van der Waals surface area contributed by atoms with Crippen molar-refractivity contribution in [2.75, 3.05) is 0 Å². The van der Waals surface area contributed by atoms with E-state index in [9.17, 15) is 18.0 Å². The van der Waals surface area contributed by atoms with E-state index in [1.165, 1.54) is 36.4 Å². The first-order valence-corrected chi connectivity index (χ1v) is 8.74. The van der Waals surface area contributed by atoms with Gasteiger partial charge in [0.05, 0.1) is 26.5 Å². The van der Waals surface area contributed by atoms with Crippen molar-refractivity contribution >= 4 is 37.7 Å². The van der Waals surface area contributed by atoms with Gasteiger partial charge in [-0.1, -0.05) is 0 Å². The molecule has 2 aromatic carbocycles. The Morgan fingerprint density at radius 2 is 1.75 bits per heavy atom. The molecular formula is C17H14O6S. The Morgan fingerprint density at radius 3 is 2.38 bits per heavy atom. The van der Waals surface area contributed by atoms with E-state index in [1.807, 2.05) is 0 Å². The van der Waals surface area contributed by atoms with E-state index in [1.54, 1.807) is 13.8 Å². The lowest BCUT2D eigenvalue weighted by Gasteiger charge is -2.09. The van der Waals surface area contributed by atoms with Crippen molar-refractivity contribution in [3.05, 3.63) is 52.2 Å². The summed E-state index contributed by atoms with van der Waals surface area (Å²) in [6.45, 7) is 3.15. The van der Waals surface area contributed by atoms with E-state index in [0.717, 1.165) is 0 Å². The van der Waals surface area contributed by atoms with Crippen LogP contribution in [0.1, 0.15) is 24.2 Å². The van der Waals surface area contributed by atoms with Gasteiger partial charge in [0, 0.05) is 6.07 Å². The number of carbonyl (C=O) groups is 1. The van der Waals surface area contributed by atoms with Crippen molar-refractivity contribution in [2.45, 2.75) is 24.0 Å². The highest BCUT2D eigenvalue weighted by Gasteiger charge is 2.20. The standard InChI is InChI=1S/C17H14O6S/c1-9(2)24(21,22)11-4-5-12-15(8-11)23-14-6-3-10(17(19)20)7-13(14)16(12)18/h3-9H,1-2H3,(H,19,20). The van der Waals surface area contributed by atoms with Gasteiger partial charge in [0.25, 0.3) is 0 Å². The number of carboxylic acids is 1. The molecule has 0 aliphatic heterocycles. The predicted molar refractivity (Wildman–Crippen MR) is 89.3 cm³/mol. The molecule has 0 saturated carbocycles. The molecule has 1 heterocycles. The quantitative estimate of drug-likeness (QED) is 0.732. The first-order chi connectivity index (χ1) is 11.2. The van der Waals surface area contributed by atoms with E-state index in [0.29, 0.717) is 0 Å². The summed E-state index contributed by atoms with van der Waals surface area (Å²) in [4.78, 5) is 23.7. The molecule has 0 aliphatic carbocycles. The maximum absolute atomic E-state index is 12.6. The maximum atomic E-state index is 12.6. The van der Waals surface area contributed by atoms with Gasteiger partial charge in [-0.05, 0) is 44.2 Å². The number of hydrogen-bond acceptors (Lipinski definition) is 5. The normalized spacial score (nSPS) is 12.1. The lowest BCUT2D eigenvalue weighted by molar-refractivity contribution is 0.0697. The second kappa shape index (κ2) is 5.45. The number of aromatic carboxylic acids is 1. The molecule has 6 nitrogen and oxygen atoms in total. The molecule has 3 rings (SSSR count). The molecule has 0 saturated heterocycles. The van der Waals surface area contributed by atoms with Crippen molar-refractivity contribution in [2.24, 2.45) is 0 Å². The molecule has 24 heavy (non-hydrogen) atoms. The minimum absolute atomic E-state index is 0.0202. The van der Waals surface area contributed by atoms with Crippen LogP contribution in [-0.4, -0.2) is 24.7 Å². The number of hydrogen-bond donors (Lipinski definition) is 1. The zero-order chi connectivity index (χ0) is 17.6. The second-order valence-electron chi connectivity index (χ2n) is 5.70. The predicted octanol–water partition coefficient (Wildman–Crippen LogP) is 2.83. The lowest BCUT2D eigenvalue weighted by Crippen LogP contribution is -2.14. The summed E-state index contributed by atoms with van der Waals surface area (Å²) in [6, 6.07) is 8.06. The third-order valence-electron chi connectivity index (χ3n) is 3.84. The highest BCUT2D eigenvalue weighted by Crippen LogP contribution is 2.24. The second-order valence-corrected chi connectivity index (χ2v) is 8.20. The molecule has 1 aromatic heterocycles. The molecule has 0 aliphatic rings. The fraction of sp³-hybridized carbons (Fsp3) is 0.176. The van der Waals surface area contributed by atoms with Crippen molar-refractivity contribution in [1.82, 2.24) is 0 Å². The molecule has 0 radical (unpaired) electrons. The summed E-state index contributed by atoms with van der Waals surface area (Å²) in [7, 11) is -3.49. The highest BCUT2D eigenvalue weighted by molar-refractivity contribution is 7.92. The number of benzene rings is 2. The molecular weight excluding hydrogens is 332 g/mol. The zero-order valence-corrected chi connectivity index (χ0v) is 13.8. The first-order valence-electron chi connectivity index (χ1n) is 7.19. The molecule has 0 amide bonds. The Balaban J connectivity index is 2.34. The van der Waals surface area contributed by atoms with Gasteiger partial charge in [0.2, 0.25) is 5.43 Å². The molecule has 3 aromatic rings. The highest BCUT2D eigenvalue weighted by atomic mass is 32.2. The van der Waals surface area contributed by atoms with Crippen LogP contribution in [0.3, 0.4) is 0 Å². The van der Waals surface area contributed by atoms with E-state index >= 15 is 0 Å². The van der Waals surface area contributed by atoms with Crippen LogP contribution in [0.5, 0.6) is 0 Å². The van der Waals surface area contributed by atoms with E-state index in [-0.39, 0.29) is 32.4 Å². The molecule has 7 heteroatoms. The van der Waals surface area contributed by atoms with Crippen molar-refractivity contribution in [3.63, 3.8) is 0 Å². The van der Waals surface area contributed by atoms with E-state index in [4.69, 9.17) is 9.52 Å². The van der Waals surface area contributed by atoms with Gasteiger partial charge < -0.3 is 9.52 Å². The summed E-state index contributed by atoms with van der Waals surface area (Å²) >= 11 is 0. The van der Waals surface area contributed by atoms with Gasteiger partial charge in [-0.25, -0.2) is 13.2 Å². The molecule has 0 bridgehead atoms. The van der Waals surface area contributed by atoms with Gasteiger partial charge in [0.1, 0.15) is 11.2 Å². The Hall–Kier alpha value is -2.67. The fourth-order valence-electron chi connectivity index (χ4n) is 2.42. The largest absolute Gasteiger partial charge is 0.478 e. The van der Waals surface area contributed by atoms with Gasteiger partial charge in [-0.2, -0.15) is 0 Å². The Morgan fingerprint density at radius 1 is 1.04 bits per heavy atom. The van der Waals surface area contributed by atoms with E-state index in [2.05, 4.69) is 0 Å². The van der Waals surface area contributed by atoms with Crippen LogP contribution in [0.25, 0.3) is 21.9 Å². The van der Waals surface area contributed by atoms with Crippen LogP contribution in [0.15, 0.2) is 50.5 Å². The van der Waals surface area contributed by atoms with Gasteiger partial charge >= 0.3 is 5.97 Å². The van der Waals surface area contributed by atoms with Crippen molar-refractivity contribution in [3.8, 4) is 0 Å². The summed E-state index contributed by atoms with van der Waals surface area (Å²) in [5.41, 5.74) is -0.0649. The van der Waals surface area contributed by atoms with Gasteiger partial charge in [-0.3, -0.25) is 4.79 Å². The number of carboxylic acid groups (broad SMARTS) is 1. The molecule has 0 spiro atoms. The van der Waals surface area contributed by atoms with Crippen LogP contribution < -0.4 is 5.43 Å². The molecule has 0 fully saturated rings. The molecule has 0 unspecified atom stereocenters. The summed E-state index contributed by atoms with van der Waals surface area (Å²) in [6.07, 6.45) is 0. The van der Waals surface area contributed by atoms with Gasteiger partial charge in [0.15, 0.2) is 9.84 Å². The third-order valence-corrected chi connectivity index (χ3v) is 5.99. The molecule has 1 N–H and O–H groups in total. The van der Waals surface area contributed by atoms with Crippen LogP contribution >= 0.6 is 0 Å². The zero-order valence-electron chi connectivity index (χ0n) is 12.9. The molecule has 124 valence electrons. The van der Waals surface area contributed by atoms with Crippen LogP contribution in [-0.2, 0) is 9.84 Å². The van der Waals surface area contributed by atoms with Gasteiger partial charge in [-0.15, -0.1) is 0 Å². The fourth-order valence-corrected chi connectivity index (χ4v) is 3.49. The van der Waals surface area contributed by atoms with Crippen molar-refractivity contribution in [1.29, 1.82) is 0 Å². The van der Waals surface area contributed by atoms with Crippen LogP contribution in [0.4, 0.5) is 0 Å². The minimum atomic E-state index is -3.49. The first kappa shape index (κ1) is 16.2. The molecule has 0 atom stereocenters. The topological polar surface area (TPSA) is 102 Å². The van der Waals surface area contributed by atoms with E-state index < -0.39 is 26.5 Å². The number of rotatable bonds is 3. The van der Waals surface area contributed by atoms with Crippen LogP contribution in [0, 0.1) is 0 Å². The Kier molecular flexibility index (Phi) is 3.68. The minimum Gasteiger partial charge on any atom is -0.478 e. The Labute approximate surface area is 137 Å².